The van der Waals surface area contributed by atoms with Crippen LogP contribution < -0.4 is 5.32 Å². The van der Waals surface area contributed by atoms with Gasteiger partial charge in [-0.15, -0.1) is 11.3 Å². The highest BCUT2D eigenvalue weighted by molar-refractivity contribution is 7.17. The van der Waals surface area contributed by atoms with Crippen LogP contribution in [0.4, 0.5) is 5.82 Å². The van der Waals surface area contributed by atoms with Crippen molar-refractivity contribution < 1.29 is 9.47 Å². The fraction of sp³-hybridized carbons (Fsp3) is 0.308. The Kier molecular flexibility index (Phi) is 6.92. The number of thiophene rings is 1. The van der Waals surface area contributed by atoms with Crippen LogP contribution in [0.5, 0.6) is 0 Å². The van der Waals surface area contributed by atoms with Crippen molar-refractivity contribution in [1.82, 2.24) is 14.9 Å². The molecule has 33 heavy (non-hydrogen) atoms. The minimum absolute atomic E-state index is 0.0716. The van der Waals surface area contributed by atoms with Gasteiger partial charge in [-0.05, 0) is 11.1 Å². The molecule has 0 radical (unpaired) electrons. The molecule has 5 rings (SSSR count). The lowest BCUT2D eigenvalue weighted by atomic mass is 10.1. The Hall–Kier alpha value is -2.84. The molecule has 1 fully saturated rings. The van der Waals surface area contributed by atoms with E-state index < -0.39 is 0 Å². The second-order valence-corrected chi connectivity index (χ2v) is 8.95. The standard InChI is InChI=1S/C26H28N4O2S/c1-31-22(20-10-6-3-7-11-20)16-27-25-24-21(19-8-4-2-5-9-19)18-33-26(24)29-23(28-25)17-30-12-14-32-15-13-30/h2-11,18,22H,12-17H2,1H3,(H,27,28,29). The summed E-state index contributed by atoms with van der Waals surface area (Å²) in [4.78, 5) is 13.3. The third-order valence-corrected chi connectivity index (χ3v) is 6.82. The molecule has 0 saturated carbocycles. The number of rotatable bonds is 8. The van der Waals surface area contributed by atoms with Gasteiger partial charge in [0, 0.05) is 37.7 Å². The van der Waals surface area contributed by atoms with Crippen molar-refractivity contribution in [3.8, 4) is 11.1 Å². The van der Waals surface area contributed by atoms with Gasteiger partial charge in [-0.25, -0.2) is 9.97 Å². The summed E-state index contributed by atoms with van der Waals surface area (Å²) in [5.41, 5.74) is 3.47. The van der Waals surface area contributed by atoms with Crippen molar-refractivity contribution in [2.45, 2.75) is 12.6 Å². The molecule has 4 aromatic rings. The summed E-state index contributed by atoms with van der Waals surface area (Å²) in [7, 11) is 1.75. The summed E-state index contributed by atoms with van der Waals surface area (Å²) in [6.45, 7) is 4.67. The average Bonchev–Trinajstić information content (AvgIpc) is 3.30. The van der Waals surface area contributed by atoms with Gasteiger partial charge in [-0.3, -0.25) is 4.90 Å². The molecule has 0 aliphatic carbocycles. The molecule has 7 heteroatoms. The summed E-state index contributed by atoms with van der Waals surface area (Å²) in [6, 6.07) is 20.7. The summed E-state index contributed by atoms with van der Waals surface area (Å²) < 4.78 is 11.3. The average molecular weight is 461 g/mol. The zero-order valence-electron chi connectivity index (χ0n) is 18.7. The van der Waals surface area contributed by atoms with Crippen LogP contribution in [0.15, 0.2) is 66.0 Å². The smallest absolute Gasteiger partial charge is 0.146 e. The van der Waals surface area contributed by atoms with Gasteiger partial charge in [0.15, 0.2) is 0 Å². The van der Waals surface area contributed by atoms with Crippen molar-refractivity contribution >= 4 is 27.4 Å². The Labute approximate surface area is 198 Å². The highest BCUT2D eigenvalue weighted by Crippen LogP contribution is 2.37. The van der Waals surface area contributed by atoms with E-state index in [1.807, 2.05) is 24.3 Å². The van der Waals surface area contributed by atoms with Crippen LogP contribution >= 0.6 is 11.3 Å². The maximum atomic E-state index is 5.79. The monoisotopic (exact) mass is 460 g/mol. The number of aromatic nitrogens is 2. The van der Waals surface area contributed by atoms with Gasteiger partial charge in [0.05, 0.1) is 31.2 Å². The lowest BCUT2D eigenvalue weighted by Crippen LogP contribution is -2.36. The number of anilines is 1. The minimum Gasteiger partial charge on any atom is -0.379 e. The van der Waals surface area contributed by atoms with Gasteiger partial charge >= 0.3 is 0 Å². The summed E-state index contributed by atoms with van der Waals surface area (Å²) in [5, 5.41) is 6.85. The van der Waals surface area contributed by atoms with E-state index in [1.165, 1.54) is 5.56 Å². The Balaban J connectivity index is 1.49. The van der Waals surface area contributed by atoms with Gasteiger partial charge in [0.1, 0.15) is 16.5 Å². The quantitative estimate of drug-likeness (QED) is 0.400. The number of ether oxygens (including phenoxy) is 2. The highest BCUT2D eigenvalue weighted by atomic mass is 32.1. The van der Waals surface area contributed by atoms with Gasteiger partial charge in [0.25, 0.3) is 0 Å². The number of methoxy groups -OCH3 is 1. The van der Waals surface area contributed by atoms with Crippen molar-refractivity contribution in [3.05, 3.63) is 77.4 Å². The molecule has 1 unspecified atom stereocenters. The van der Waals surface area contributed by atoms with Gasteiger partial charge in [0.2, 0.25) is 0 Å². The molecular formula is C26H28N4O2S. The lowest BCUT2D eigenvalue weighted by Gasteiger charge is -2.26. The van der Waals surface area contributed by atoms with E-state index in [9.17, 15) is 0 Å². The van der Waals surface area contributed by atoms with Gasteiger partial charge in [-0.2, -0.15) is 0 Å². The lowest BCUT2D eigenvalue weighted by molar-refractivity contribution is 0.0331. The molecule has 1 atom stereocenters. The van der Waals surface area contributed by atoms with Crippen LogP contribution in [0.1, 0.15) is 17.5 Å². The summed E-state index contributed by atoms with van der Waals surface area (Å²) in [5.74, 6) is 1.70. The first-order chi connectivity index (χ1) is 16.3. The molecule has 1 aliphatic heterocycles. The van der Waals surface area contributed by atoms with Crippen LogP contribution in [0.3, 0.4) is 0 Å². The van der Waals surface area contributed by atoms with E-state index >= 15 is 0 Å². The van der Waals surface area contributed by atoms with Crippen LogP contribution in [-0.2, 0) is 16.0 Å². The molecule has 1 saturated heterocycles. The van der Waals surface area contributed by atoms with E-state index in [2.05, 4.69) is 52.0 Å². The van der Waals surface area contributed by atoms with Crippen LogP contribution in [0.25, 0.3) is 21.3 Å². The fourth-order valence-electron chi connectivity index (χ4n) is 4.17. The van der Waals surface area contributed by atoms with E-state index in [0.717, 1.165) is 65.8 Å². The maximum absolute atomic E-state index is 5.79. The number of nitrogens with one attached hydrogen (secondary N) is 1. The molecule has 1 aliphatic rings. The van der Waals surface area contributed by atoms with E-state index in [0.29, 0.717) is 6.54 Å². The van der Waals surface area contributed by atoms with Crippen molar-refractivity contribution in [1.29, 1.82) is 0 Å². The van der Waals surface area contributed by atoms with Crippen LogP contribution in [0.2, 0.25) is 0 Å². The molecule has 0 spiro atoms. The predicted molar refractivity (Wildman–Crippen MR) is 134 cm³/mol. The maximum Gasteiger partial charge on any atom is 0.146 e. The van der Waals surface area contributed by atoms with E-state index in [1.54, 1.807) is 18.4 Å². The largest absolute Gasteiger partial charge is 0.379 e. The van der Waals surface area contributed by atoms with Crippen LogP contribution in [0, 0.1) is 0 Å². The first-order valence-electron chi connectivity index (χ1n) is 11.3. The summed E-state index contributed by atoms with van der Waals surface area (Å²) >= 11 is 1.67. The Morgan fingerprint density at radius 3 is 2.48 bits per heavy atom. The highest BCUT2D eigenvalue weighted by Gasteiger charge is 2.19. The van der Waals surface area contributed by atoms with Gasteiger partial charge < -0.3 is 14.8 Å². The third-order valence-electron chi connectivity index (χ3n) is 5.94. The molecule has 2 aromatic heterocycles. The number of fused-ring (bicyclic) bond motifs is 1. The molecular weight excluding hydrogens is 432 g/mol. The van der Waals surface area contributed by atoms with Crippen LogP contribution in [-0.4, -0.2) is 54.8 Å². The first kappa shape index (κ1) is 22.0. The number of nitrogens with zero attached hydrogens (tertiary/aromatic N) is 3. The number of hydrogen-bond donors (Lipinski definition) is 1. The molecule has 2 aromatic carbocycles. The normalized spacial score (nSPS) is 15.5. The second kappa shape index (κ2) is 10.4. The van der Waals surface area contributed by atoms with Crippen molar-refractivity contribution in [2.24, 2.45) is 0 Å². The SMILES string of the molecule is COC(CNc1nc(CN2CCOCC2)nc2scc(-c3ccccc3)c12)c1ccccc1. The molecule has 0 amide bonds. The minimum atomic E-state index is -0.0716. The number of hydrogen-bond acceptors (Lipinski definition) is 7. The number of morpholine rings is 1. The zero-order chi connectivity index (χ0) is 22.5. The summed E-state index contributed by atoms with van der Waals surface area (Å²) in [6.07, 6.45) is -0.0716. The third kappa shape index (κ3) is 5.07. The Bertz CT molecular complexity index is 1180. The second-order valence-electron chi connectivity index (χ2n) is 8.09. The van der Waals surface area contributed by atoms with E-state index in [4.69, 9.17) is 19.4 Å². The molecule has 1 N–H and O–H groups in total. The van der Waals surface area contributed by atoms with Crippen molar-refractivity contribution in [2.75, 3.05) is 45.3 Å². The molecule has 3 heterocycles. The topological polar surface area (TPSA) is 59.5 Å². The molecule has 0 bridgehead atoms. The van der Waals surface area contributed by atoms with Gasteiger partial charge in [-0.1, -0.05) is 60.7 Å². The van der Waals surface area contributed by atoms with E-state index in [-0.39, 0.29) is 6.10 Å². The zero-order valence-corrected chi connectivity index (χ0v) is 19.6. The fourth-order valence-corrected chi connectivity index (χ4v) is 5.13. The molecule has 6 nitrogen and oxygen atoms in total. The van der Waals surface area contributed by atoms with Crippen molar-refractivity contribution in [3.63, 3.8) is 0 Å². The Morgan fingerprint density at radius 1 is 1.03 bits per heavy atom. The number of benzene rings is 2. The first-order valence-corrected chi connectivity index (χ1v) is 12.1. The predicted octanol–water partition coefficient (Wildman–Crippen LogP) is 4.99. The molecule has 170 valence electrons. The Morgan fingerprint density at radius 2 is 1.76 bits per heavy atom.